The van der Waals surface area contributed by atoms with Crippen LogP contribution in [-0.4, -0.2) is 19.0 Å². The number of ether oxygens (including phenoxy) is 1. The summed E-state index contributed by atoms with van der Waals surface area (Å²) < 4.78 is 5.08. The van der Waals surface area contributed by atoms with Gasteiger partial charge >= 0.3 is 0 Å². The van der Waals surface area contributed by atoms with Gasteiger partial charge in [-0.1, -0.05) is 42.5 Å². The van der Waals surface area contributed by atoms with E-state index in [1.54, 1.807) is 0 Å². The van der Waals surface area contributed by atoms with Crippen LogP contribution in [0.4, 0.5) is 0 Å². The Kier molecular flexibility index (Phi) is 4.65. The van der Waals surface area contributed by atoms with Crippen LogP contribution in [0, 0.1) is 0 Å². The van der Waals surface area contributed by atoms with E-state index in [9.17, 15) is 4.79 Å². The Balaban J connectivity index is 2.25. The van der Waals surface area contributed by atoms with Gasteiger partial charge < -0.3 is 4.74 Å². The molecule has 0 aliphatic carbocycles. The molecule has 0 fully saturated rings. The Bertz CT molecular complexity index is 301. The maximum atomic E-state index is 10.5. The second kappa shape index (κ2) is 6.11. The summed E-state index contributed by atoms with van der Waals surface area (Å²) in [6, 6.07) is 9.97. The molecule has 0 heterocycles. The number of ketones is 1. The van der Waals surface area contributed by atoms with Crippen molar-refractivity contribution < 1.29 is 9.53 Å². The third-order valence-electron chi connectivity index (χ3n) is 1.63. The van der Waals surface area contributed by atoms with Gasteiger partial charge in [0.15, 0.2) is 5.78 Å². The van der Waals surface area contributed by atoms with Crippen molar-refractivity contribution in [1.29, 1.82) is 0 Å². The van der Waals surface area contributed by atoms with Crippen LogP contribution in [0.5, 0.6) is 0 Å². The zero-order chi connectivity index (χ0) is 10.2. The molecule has 0 bridgehead atoms. The molecule has 2 nitrogen and oxygen atoms in total. The van der Waals surface area contributed by atoms with Crippen molar-refractivity contribution in [3.8, 4) is 0 Å². The first-order chi connectivity index (χ1) is 6.79. The van der Waals surface area contributed by atoms with Crippen molar-refractivity contribution in [3.05, 3.63) is 42.0 Å². The molecular formula is C12H14O2. The van der Waals surface area contributed by atoms with Crippen LogP contribution in [0.3, 0.4) is 0 Å². The fourth-order valence-electron chi connectivity index (χ4n) is 1.02. The lowest BCUT2D eigenvalue weighted by Crippen LogP contribution is -2.03. The molecule has 0 radical (unpaired) electrons. The van der Waals surface area contributed by atoms with Gasteiger partial charge in [-0.2, -0.15) is 0 Å². The summed E-state index contributed by atoms with van der Waals surface area (Å²) in [5.74, 6) is 0.0538. The van der Waals surface area contributed by atoms with Gasteiger partial charge in [-0.15, -0.1) is 0 Å². The molecule has 74 valence electrons. The Morgan fingerprint density at radius 2 is 2.07 bits per heavy atom. The Hall–Kier alpha value is -1.41. The molecule has 0 saturated carbocycles. The molecule has 0 aromatic heterocycles. The van der Waals surface area contributed by atoms with E-state index in [-0.39, 0.29) is 12.4 Å². The minimum absolute atomic E-state index is 0.0538. The third-order valence-corrected chi connectivity index (χ3v) is 1.63. The van der Waals surface area contributed by atoms with E-state index in [0.717, 1.165) is 5.56 Å². The Morgan fingerprint density at radius 3 is 2.71 bits per heavy atom. The quantitative estimate of drug-likeness (QED) is 0.666. The number of Topliss-reactive ketones (excluding diaryl/α,β-unsaturated/α-hetero) is 1. The number of carbonyl (C=O) groups is 1. The SMILES string of the molecule is CC(=O)COC/C=C/c1ccccc1. The zero-order valence-corrected chi connectivity index (χ0v) is 8.27. The van der Waals surface area contributed by atoms with Crippen molar-refractivity contribution in [2.45, 2.75) is 6.92 Å². The van der Waals surface area contributed by atoms with Crippen molar-refractivity contribution >= 4 is 11.9 Å². The normalized spacial score (nSPS) is 10.6. The average Bonchev–Trinajstić information content (AvgIpc) is 2.18. The molecule has 0 aliphatic rings. The summed E-state index contributed by atoms with van der Waals surface area (Å²) in [5, 5.41) is 0. The molecule has 2 heteroatoms. The number of hydrogen-bond acceptors (Lipinski definition) is 2. The van der Waals surface area contributed by atoms with Gasteiger partial charge in [0, 0.05) is 0 Å². The lowest BCUT2D eigenvalue weighted by atomic mass is 10.2. The number of benzene rings is 1. The lowest BCUT2D eigenvalue weighted by Gasteiger charge is -1.95. The molecule has 1 rings (SSSR count). The van der Waals surface area contributed by atoms with Crippen molar-refractivity contribution in [3.63, 3.8) is 0 Å². The average molecular weight is 190 g/mol. The monoisotopic (exact) mass is 190 g/mol. The maximum Gasteiger partial charge on any atom is 0.155 e. The van der Waals surface area contributed by atoms with Gasteiger partial charge in [0.2, 0.25) is 0 Å². The molecule has 0 N–H and O–H groups in total. The zero-order valence-electron chi connectivity index (χ0n) is 8.27. The molecule has 0 aliphatic heterocycles. The predicted molar refractivity (Wildman–Crippen MR) is 57.0 cm³/mol. The van der Waals surface area contributed by atoms with Crippen LogP contribution in [-0.2, 0) is 9.53 Å². The van der Waals surface area contributed by atoms with Gasteiger partial charge in [0.1, 0.15) is 6.61 Å². The first kappa shape index (κ1) is 10.7. The minimum atomic E-state index is 0.0538. The number of hydrogen-bond donors (Lipinski definition) is 0. The van der Waals surface area contributed by atoms with E-state index >= 15 is 0 Å². The van der Waals surface area contributed by atoms with Gasteiger partial charge in [-0.05, 0) is 12.5 Å². The molecule has 14 heavy (non-hydrogen) atoms. The smallest absolute Gasteiger partial charge is 0.155 e. The van der Waals surface area contributed by atoms with E-state index in [0.29, 0.717) is 6.61 Å². The van der Waals surface area contributed by atoms with Gasteiger partial charge in [-0.3, -0.25) is 4.79 Å². The van der Waals surface area contributed by atoms with Crippen LogP contribution in [0.15, 0.2) is 36.4 Å². The molecule has 0 saturated heterocycles. The van der Waals surface area contributed by atoms with Crippen molar-refractivity contribution in [1.82, 2.24) is 0 Å². The first-order valence-corrected chi connectivity index (χ1v) is 4.58. The second-order valence-corrected chi connectivity index (χ2v) is 3.03. The second-order valence-electron chi connectivity index (χ2n) is 3.03. The van der Waals surface area contributed by atoms with Crippen LogP contribution in [0.1, 0.15) is 12.5 Å². The fourth-order valence-corrected chi connectivity index (χ4v) is 1.02. The van der Waals surface area contributed by atoms with Gasteiger partial charge in [-0.25, -0.2) is 0 Å². The highest BCUT2D eigenvalue weighted by Crippen LogP contribution is 2.00. The molecular weight excluding hydrogens is 176 g/mol. The highest BCUT2D eigenvalue weighted by molar-refractivity contribution is 5.76. The number of carbonyl (C=O) groups excluding carboxylic acids is 1. The van der Waals surface area contributed by atoms with Crippen LogP contribution < -0.4 is 0 Å². The van der Waals surface area contributed by atoms with E-state index in [2.05, 4.69) is 0 Å². The van der Waals surface area contributed by atoms with Gasteiger partial charge in [0.05, 0.1) is 6.61 Å². The summed E-state index contributed by atoms with van der Waals surface area (Å²) in [6.07, 6.45) is 3.87. The molecule has 0 spiro atoms. The highest BCUT2D eigenvalue weighted by Gasteiger charge is 1.89. The standard InChI is InChI=1S/C12H14O2/c1-11(13)10-14-9-5-8-12-6-3-2-4-7-12/h2-8H,9-10H2,1H3/b8-5+. The van der Waals surface area contributed by atoms with Gasteiger partial charge in [0.25, 0.3) is 0 Å². The summed E-state index contributed by atoms with van der Waals surface area (Å²) in [4.78, 5) is 10.5. The Labute approximate surface area is 84.2 Å². The third kappa shape index (κ3) is 4.58. The summed E-state index contributed by atoms with van der Waals surface area (Å²) in [5.41, 5.74) is 1.14. The Morgan fingerprint density at radius 1 is 1.36 bits per heavy atom. The fraction of sp³-hybridized carbons (Fsp3) is 0.250. The maximum absolute atomic E-state index is 10.5. The summed E-state index contributed by atoms with van der Waals surface area (Å²) >= 11 is 0. The van der Waals surface area contributed by atoms with E-state index in [1.807, 2.05) is 42.5 Å². The van der Waals surface area contributed by atoms with Crippen LogP contribution in [0.25, 0.3) is 6.08 Å². The molecule has 1 aromatic rings. The highest BCUT2D eigenvalue weighted by atomic mass is 16.5. The summed E-state index contributed by atoms with van der Waals surface area (Å²) in [7, 11) is 0. The minimum Gasteiger partial charge on any atom is -0.370 e. The predicted octanol–water partition coefficient (Wildman–Crippen LogP) is 2.31. The number of rotatable bonds is 5. The van der Waals surface area contributed by atoms with E-state index in [1.165, 1.54) is 6.92 Å². The van der Waals surface area contributed by atoms with Crippen LogP contribution in [0.2, 0.25) is 0 Å². The summed E-state index contributed by atoms with van der Waals surface area (Å²) in [6.45, 7) is 2.19. The molecule has 0 atom stereocenters. The largest absolute Gasteiger partial charge is 0.370 e. The lowest BCUT2D eigenvalue weighted by molar-refractivity contribution is -0.121. The van der Waals surface area contributed by atoms with Crippen molar-refractivity contribution in [2.24, 2.45) is 0 Å². The first-order valence-electron chi connectivity index (χ1n) is 4.58. The molecule has 0 unspecified atom stereocenters. The van der Waals surface area contributed by atoms with E-state index in [4.69, 9.17) is 4.74 Å². The molecule has 0 amide bonds. The van der Waals surface area contributed by atoms with Crippen LogP contribution >= 0.6 is 0 Å². The molecule has 1 aromatic carbocycles. The van der Waals surface area contributed by atoms with E-state index < -0.39 is 0 Å². The topological polar surface area (TPSA) is 26.3 Å². The van der Waals surface area contributed by atoms with Crippen molar-refractivity contribution in [2.75, 3.05) is 13.2 Å².